The molecule has 0 atom stereocenters. The summed E-state index contributed by atoms with van der Waals surface area (Å²) < 4.78 is 10.7. The van der Waals surface area contributed by atoms with Gasteiger partial charge in [-0.05, 0) is 24.7 Å². The van der Waals surface area contributed by atoms with Gasteiger partial charge >= 0.3 is 0 Å². The van der Waals surface area contributed by atoms with Crippen molar-refractivity contribution in [3.8, 4) is 22.9 Å². The van der Waals surface area contributed by atoms with Crippen LogP contribution in [0.25, 0.3) is 22.6 Å². The lowest BCUT2D eigenvalue weighted by atomic mass is 10.2. The molecular formula is C26H29Cl2N7O2. The summed E-state index contributed by atoms with van der Waals surface area (Å²) in [5, 5.41) is 4.08. The maximum atomic E-state index is 6.49. The number of anilines is 1. The molecule has 1 fully saturated rings. The Labute approximate surface area is 225 Å². The van der Waals surface area contributed by atoms with E-state index < -0.39 is 0 Å². The van der Waals surface area contributed by atoms with Crippen molar-refractivity contribution in [3.05, 3.63) is 57.8 Å². The Balaban J connectivity index is 1.29. The molecule has 1 saturated heterocycles. The second-order valence-electron chi connectivity index (χ2n) is 9.04. The van der Waals surface area contributed by atoms with Crippen molar-refractivity contribution in [3.63, 3.8) is 0 Å². The molecule has 0 spiro atoms. The molecule has 5 rings (SSSR count). The third kappa shape index (κ3) is 5.60. The third-order valence-corrected chi connectivity index (χ3v) is 7.38. The van der Waals surface area contributed by atoms with Gasteiger partial charge in [0.2, 0.25) is 0 Å². The molecule has 4 heterocycles. The number of benzene rings is 1. The average Bonchev–Trinajstić information content (AvgIpc) is 3.34. The molecule has 1 aromatic carbocycles. The van der Waals surface area contributed by atoms with Crippen molar-refractivity contribution in [1.29, 1.82) is 0 Å². The number of nitrogens with zero attached hydrogens (tertiary/aromatic N) is 5. The van der Waals surface area contributed by atoms with Crippen LogP contribution in [0.4, 0.5) is 5.82 Å². The van der Waals surface area contributed by atoms with Gasteiger partial charge in [-0.15, -0.1) is 0 Å². The van der Waals surface area contributed by atoms with Gasteiger partial charge in [0.25, 0.3) is 0 Å². The minimum Gasteiger partial charge on any atom is -0.495 e. The number of nitrogens with one attached hydrogen (secondary N) is 2. The van der Waals surface area contributed by atoms with E-state index in [1.54, 1.807) is 26.5 Å². The number of H-pyrrole nitrogens is 1. The first-order chi connectivity index (χ1) is 17.9. The first-order valence-corrected chi connectivity index (χ1v) is 12.8. The predicted octanol–water partition coefficient (Wildman–Crippen LogP) is 4.70. The maximum absolute atomic E-state index is 6.49. The van der Waals surface area contributed by atoms with Gasteiger partial charge in [0.05, 0.1) is 41.8 Å². The van der Waals surface area contributed by atoms with Crippen LogP contribution in [-0.2, 0) is 13.1 Å². The topological polar surface area (TPSA) is 91.4 Å². The smallest absolute Gasteiger partial charge is 0.156 e. The van der Waals surface area contributed by atoms with Gasteiger partial charge in [-0.2, -0.15) is 0 Å². The number of fused-ring (bicyclic) bond motifs is 1. The van der Waals surface area contributed by atoms with Crippen molar-refractivity contribution in [1.82, 2.24) is 29.7 Å². The molecule has 194 valence electrons. The summed E-state index contributed by atoms with van der Waals surface area (Å²) in [5.74, 6) is 1.56. The van der Waals surface area contributed by atoms with Gasteiger partial charge in [0.1, 0.15) is 22.8 Å². The number of hydrogen-bond acceptors (Lipinski definition) is 8. The zero-order chi connectivity index (χ0) is 25.9. The lowest BCUT2D eigenvalue weighted by molar-refractivity contribution is 0.148. The van der Waals surface area contributed by atoms with E-state index in [9.17, 15) is 0 Å². The third-order valence-electron chi connectivity index (χ3n) is 6.55. The number of halogens is 2. The molecule has 0 saturated carbocycles. The molecule has 11 heteroatoms. The van der Waals surface area contributed by atoms with Gasteiger partial charge in [-0.25, -0.2) is 9.97 Å². The Bertz CT molecular complexity index is 1360. The molecule has 0 aliphatic carbocycles. The predicted molar refractivity (Wildman–Crippen MR) is 147 cm³/mol. The molecule has 0 bridgehead atoms. The second-order valence-corrected chi connectivity index (χ2v) is 9.80. The van der Waals surface area contributed by atoms with E-state index >= 15 is 0 Å². The van der Waals surface area contributed by atoms with Crippen molar-refractivity contribution < 1.29 is 9.47 Å². The Hall–Kier alpha value is -3.11. The molecule has 4 aromatic rings. The van der Waals surface area contributed by atoms with Gasteiger partial charge in [0.15, 0.2) is 5.65 Å². The molecule has 3 aromatic heterocycles. The number of rotatable bonds is 8. The highest BCUT2D eigenvalue weighted by atomic mass is 35.5. The summed E-state index contributed by atoms with van der Waals surface area (Å²) in [7, 11) is 5.26. The van der Waals surface area contributed by atoms with Crippen LogP contribution in [0.15, 0.2) is 36.7 Å². The second kappa shape index (κ2) is 11.1. The van der Waals surface area contributed by atoms with Crippen molar-refractivity contribution in [2.45, 2.75) is 13.1 Å². The Morgan fingerprint density at radius 3 is 2.35 bits per heavy atom. The highest BCUT2D eigenvalue weighted by Crippen LogP contribution is 2.40. The lowest BCUT2D eigenvalue weighted by Crippen LogP contribution is -2.43. The van der Waals surface area contributed by atoms with Crippen molar-refractivity contribution in [2.24, 2.45) is 0 Å². The average molecular weight is 542 g/mol. The molecule has 9 nitrogen and oxygen atoms in total. The number of piperazine rings is 1. The molecule has 0 radical (unpaired) electrons. The van der Waals surface area contributed by atoms with Crippen LogP contribution in [-0.4, -0.2) is 77.2 Å². The van der Waals surface area contributed by atoms with E-state index in [-0.39, 0.29) is 0 Å². The molecule has 1 aliphatic rings. The first-order valence-electron chi connectivity index (χ1n) is 12.0. The van der Waals surface area contributed by atoms with Gasteiger partial charge in [-0.3, -0.25) is 9.88 Å². The number of pyridine rings is 1. The summed E-state index contributed by atoms with van der Waals surface area (Å²) in [4.78, 5) is 22.0. The van der Waals surface area contributed by atoms with Crippen LogP contribution < -0.4 is 14.8 Å². The molecule has 0 unspecified atom stereocenters. The van der Waals surface area contributed by atoms with Crippen molar-refractivity contribution >= 4 is 40.2 Å². The minimum absolute atomic E-state index is 0.318. The van der Waals surface area contributed by atoms with Crippen LogP contribution in [0, 0.1) is 0 Å². The number of hydrogen-bond donors (Lipinski definition) is 2. The fourth-order valence-electron chi connectivity index (χ4n) is 4.34. The SMILES string of the molecule is COc1cc(OC)c(Cl)c(CNc2cnc3[nH]c(-c4ccc(CN5CCN(C)CC5)cn4)cc3n2)c1Cl. The van der Waals surface area contributed by atoms with Gasteiger partial charge < -0.3 is 24.7 Å². The molecular weight excluding hydrogens is 513 g/mol. The number of aromatic nitrogens is 4. The minimum atomic E-state index is 0.318. The summed E-state index contributed by atoms with van der Waals surface area (Å²) in [6.07, 6.45) is 3.61. The lowest BCUT2D eigenvalue weighted by Gasteiger charge is -2.32. The summed E-state index contributed by atoms with van der Waals surface area (Å²) >= 11 is 13.0. The standard InChI is InChI=1S/C26H29Cl2N7O2/c1-34-6-8-35(9-7-34)15-16-4-5-18(29-12-16)19-10-20-26(33-19)31-14-23(32-20)30-13-17-24(27)21(36-2)11-22(37-3)25(17)28/h4-5,10-12,14H,6-9,13,15H2,1-3H3,(H,30,32)(H,31,33). The van der Waals surface area contributed by atoms with E-state index in [0.717, 1.165) is 49.6 Å². The zero-order valence-corrected chi connectivity index (χ0v) is 22.5. The molecule has 0 amide bonds. The van der Waals surface area contributed by atoms with Gasteiger partial charge in [0, 0.05) is 57.1 Å². The van der Waals surface area contributed by atoms with E-state index in [1.807, 2.05) is 18.3 Å². The first kappa shape index (κ1) is 25.5. The van der Waals surface area contributed by atoms with Crippen molar-refractivity contribution in [2.75, 3.05) is 52.8 Å². The highest BCUT2D eigenvalue weighted by molar-refractivity contribution is 6.37. The fourth-order valence-corrected chi connectivity index (χ4v) is 4.97. The highest BCUT2D eigenvalue weighted by Gasteiger charge is 2.18. The maximum Gasteiger partial charge on any atom is 0.156 e. The molecule has 2 N–H and O–H groups in total. The van der Waals surface area contributed by atoms with Crippen LogP contribution in [0.1, 0.15) is 11.1 Å². The number of aromatic amines is 1. The summed E-state index contributed by atoms with van der Waals surface area (Å²) in [5.41, 5.74) is 4.97. The molecule has 1 aliphatic heterocycles. The quantitative estimate of drug-likeness (QED) is 0.331. The van der Waals surface area contributed by atoms with Gasteiger partial charge in [-0.1, -0.05) is 29.3 Å². The number of ether oxygens (including phenoxy) is 2. The van der Waals surface area contributed by atoms with E-state index in [0.29, 0.717) is 45.1 Å². The Morgan fingerprint density at radius 2 is 1.70 bits per heavy atom. The monoisotopic (exact) mass is 541 g/mol. The van der Waals surface area contributed by atoms with E-state index in [4.69, 9.17) is 37.7 Å². The van der Waals surface area contributed by atoms with Crippen LogP contribution in [0.3, 0.4) is 0 Å². The fraction of sp³-hybridized carbons (Fsp3) is 0.346. The normalized spacial score (nSPS) is 14.7. The summed E-state index contributed by atoms with van der Waals surface area (Å²) in [6, 6.07) is 7.78. The molecule has 37 heavy (non-hydrogen) atoms. The zero-order valence-electron chi connectivity index (χ0n) is 21.0. The largest absolute Gasteiger partial charge is 0.495 e. The Kier molecular flexibility index (Phi) is 7.66. The van der Waals surface area contributed by atoms with Crippen LogP contribution in [0.5, 0.6) is 11.5 Å². The van der Waals surface area contributed by atoms with E-state index in [1.165, 1.54) is 5.56 Å². The summed E-state index contributed by atoms with van der Waals surface area (Å²) in [6.45, 7) is 5.60. The van der Waals surface area contributed by atoms with E-state index in [2.05, 4.69) is 43.2 Å². The van der Waals surface area contributed by atoms with Crippen LogP contribution in [0.2, 0.25) is 10.0 Å². The Morgan fingerprint density at radius 1 is 0.973 bits per heavy atom. The number of methoxy groups -OCH3 is 2. The number of likely N-dealkylation sites (N-methyl/N-ethyl adjacent to an activating group) is 1. The van der Waals surface area contributed by atoms with Crippen LogP contribution >= 0.6 is 23.2 Å².